The molecule has 4 unspecified atom stereocenters. The lowest BCUT2D eigenvalue weighted by molar-refractivity contribution is -0.148. The average Bonchev–Trinajstić information content (AvgIpc) is 3.41. The zero-order valence-corrected chi connectivity index (χ0v) is 52.4. The molecule has 0 heterocycles. The van der Waals surface area contributed by atoms with E-state index in [2.05, 4.69) is 60.3 Å². The van der Waals surface area contributed by atoms with Crippen molar-refractivity contribution in [3.05, 3.63) is 0 Å². The molecule has 448 valence electrons. The summed E-state index contributed by atoms with van der Waals surface area (Å²) in [5, 5.41) is 0. The standard InChI is InChI=1S/C69H131NO6/c1-9-15-19-23-27-31-35-40-61(41-36-32-28-24-20-16-10-2)45-47-65(72)75-54-50-68(8)57-63-56-67(7,49-53-74-64(71)44-39-52-70(13-5)14-6)59-69(58-63,60-68)51-55-76-66(73)48-46-62(42-37-33-29-25-21-17-11-3)43-38-34-30-26-22-18-12-4/h61-63H,9-60H2,1-8H3. The minimum atomic E-state index is -0.0700. The molecule has 0 N–H and O–H groups in total. The second-order valence-corrected chi connectivity index (χ2v) is 26.4. The van der Waals surface area contributed by atoms with E-state index < -0.39 is 0 Å². The van der Waals surface area contributed by atoms with Crippen LogP contribution in [0.15, 0.2) is 0 Å². The van der Waals surface area contributed by atoms with Gasteiger partial charge in [0.25, 0.3) is 0 Å². The Morgan fingerprint density at radius 1 is 0.395 bits per heavy atom. The average molecular weight is 1070 g/mol. The Kier molecular flexibility index (Phi) is 41.8. The van der Waals surface area contributed by atoms with Crippen LogP contribution in [0.2, 0.25) is 0 Å². The Balaban J connectivity index is 2.06. The van der Waals surface area contributed by atoms with Gasteiger partial charge in [0.05, 0.1) is 19.8 Å². The maximum absolute atomic E-state index is 13.6. The van der Waals surface area contributed by atoms with Gasteiger partial charge in [0.2, 0.25) is 0 Å². The summed E-state index contributed by atoms with van der Waals surface area (Å²) < 4.78 is 18.3. The Hall–Kier alpha value is -1.63. The van der Waals surface area contributed by atoms with E-state index in [1.165, 1.54) is 212 Å². The normalized spacial score (nSPS) is 20.5. The third-order valence-electron chi connectivity index (χ3n) is 18.8. The second kappa shape index (κ2) is 45.0. The number of unbranched alkanes of at least 4 members (excludes halogenated alkanes) is 24. The summed E-state index contributed by atoms with van der Waals surface area (Å²) >= 11 is 0. The van der Waals surface area contributed by atoms with Gasteiger partial charge >= 0.3 is 17.9 Å². The second-order valence-electron chi connectivity index (χ2n) is 26.4. The zero-order chi connectivity index (χ0) is 55.4. The number of nitrogens with zero attached hydrogens (tertiary/aromatic N) is 1. The van der Waals surface area contributed by atoms with Gasteiger partial charge in [-0.3, -0.25) is 14.4 Å². The molecule has 0 amide bonds. The number of fused-ring (bicyclic) bond motifs is 2. The maximum Gasteiger partial charge on any atom is 0.305 e. The van der Waals surface area contributed by atoms with E-state index >= 15 is 0 Å². The number of carbonyl (C=O) groups excluding carboxylic acids is 3. The molecule has 2 aliphatic carbocycles. The Morgan fingerprint density at radius 2 is 0.711 bits per heavy atom. The fourth-order valence-corrected chi connectivity index (χ4v) is 14.5. The van der Waals surface area contributed by atoms with Crippen molar-refractivity contribution < 1.29 is 28.6 Å². The minimum absolute atomic E-state index is 0.00686. The van der Waals surface area contributed by atoms with E-state index in [9.17, 15) is 14.4 Å². The summed E-state index contributed by atoms with van der Waals surface area (Å²) in [5.41, 5.74) is 0.155. The number of hydrogen-bond acceptors (Lipinski definition) is 7. The van der Waals surface area contributed by atoms with Crippen molar-refractivity contribution in [3.63, 3.8) is 0 Å². The van der Waals surface area contributed by atoms with Gasteiger partial charge < -0.3 is 19.1 Å². The molecule has 2 bridgehead atoms. The summed E-state index contributed by atoms with van der Waals surface area (Å²) in [7, 11) is 0. The van der Waals surface area contributed by atoms with E-state index in [1.807, 2.05) is 0 Å². The number of hydrogen-bond donors (Lipinski definition) is 0. The molecule has 0 radical (unpaired) electrons. The fraction of sp³-hybridized carbons (Fsp3) is 0.957. The third-order valence-corrected chi connectivity index (χ3v) is 18.8. The molecule has 7 nitrogen and oxygen atoms in total. The van der Waals surface area contributed by atoms with E-state index in [4.69, 9.17) is 14.2 Å². The quantitative estimate of drug-likeness (QED) is 0.0341. The summed E-state index contributed by atoms with van der Waals surface area (Å²) in [4.78, 5) is 42.3. The van der Waals surface area contributed by atoms with Gasteiger partial charge in [0.1, 0.15) is 0 Å². The summed E-state index contributed by atoms with van der Waals surface area (Å²) in [6, 6.07) is 0. The molecular formula is C69H131NO6. The third kappa shape index (κ3) is 35.2. The van der Waals surface area contributed by atoms with Gasteiger partial charge in [0.15, 0.2) is 0 Å². The van der Waals surface area contributed by atoms with Crippen LogP contribution >= 0.6 is 0 Å². The van der Waals surface area contributed by atoms with Crippen LogP contribution in [0.25, 0.3) is 0 Å². The number of carbonyl (C=O) groups is 3. The molecule has 0 aromatic carbocycles. The lowest BCUT2D eigenvalue weighted by atomic mass is 9.47. The number of ether oxygens (including phenoxy) is 3. The minimum Gasteiger partial charge on any atom is -0.466 e. The first-order valence-electron chi connectivity index (χ1n) is 34.1. The van der Waals surface area contributed by atoms with Gasteiger partial charge in [-0.25, -0.2) is 0 Å². The molecular weight excluding hydrogens is 939 g/mol. The van der Waals surface area contributed by atoms with Gasteiger partial charge in [0, 0.05) is 19.3 Å². The molecule has 0 spiro atoms. The van der Waals surface area contributed by atoms with Crippen LogP contribution in [0.3, 0.4) is 0 Å². The molecule has 2 fully saturated rings. The molecule has 0 aromatic heterocycles. The highest BCUT2D eigenvalue weighted by molar-refractivity contribution is 5.70. The largest absolute Gasteiger partial charge is 0.466 e. The first-order chi connectivity index (χ1) is 36.9. The zero-order valence-electron chi connectivity index (χ0n) is 52.4. The van der Waals surface area contributed by atoms with Crippen LogP contribution in [0.5, 0.6) is 0 Å². The predicted octanol–water partition coefficient (Wildman–Crippen LogP) is 20.9. The smallest absolute Gasteiger partial charge is 0.305 e. The molecule has 4 atom stereocenters. The molecule has 2 saturated carbocycles. The van der Waals surface area contributed by atoms with Crippen LogP contribution < -0.4 is 0 Å². The van der Waals surface area contributed by atoms with Gasteiger partial charge in [-0.2, -0.15) is 0 Å². The number of rotatable bonds is 53. The first-order valence-corrected chi connectivity index (χ1v) is 34.1. The monoisotopic (exact) mass is 1070 g/mol. The van der Waals surface area contributed by atoms with Crippen LogP contribution in [0.4, 0.5) is 0 Å². The lowest BCUT2D eigenvalue weighted by Gasteiger charge is -2.58. The van der Waals surface area contributed by atoms with Gasteiger partial charge in [-0.05, 0) is 124 Å². The van der Waals surface area contributed by atoms with Crippen molar-refractivity contribution in [3.8, 4) is 0 Å². The molecule has 76 heavy (non-hydrogen) atoms. The van der Waals surface area contributed by atoms with Crippen molar-refractivity contribution in [2.24, 2.45) is 34.0 Å². The van der Waals surface area contributed by atoms with Crippen molar-refractivity contribution in [1.29, 1.82) is 0 Å². The molecule has 2 aliphatic rings. The highest BCUT2D eigenvalue weighted by atomic mass is 16.5. The fourth-order valence-electron chi connectivity index (χ4n) is 14.5. The molecule has 2 rings (SSSR count). The van der Waals surface area contributed by atoms with E-state index in [-0.39, 0.29) is 34.2 Å². The Bertz CT molecular complexity index is 1360. The van der Waals surface area contributed by atoms with Crippen LogP contribution in [-0.2, 0) is 28.6 Å². The van der Waals surface area contributed by atoms with E-state index in [1.54, 1.807) is 0 Å². The van der Waals surface area contributed by atoms with Crippen LogP contribution in [-0.4, -0.2) is 62.3 Å². The van der Waals surface area contributed by atoms with Crippen LogP contribution in [0.1, 0.15) is 351 Å². The summed E-state index contributed by atoms with van der Waals surface area (Å²) in [5.74, 6) is 1.71. The predicted molar refractivity (Wildman–Crippen MR) is 325 cm³/mol. The SMILES string of the molecule is CCCCCCCCCC(CCCCCCCCC)CCC(=O)OCCC1(C)CC2CC(C)(CCOC(=O)CCCN(CC)CC)CC(CCOC(=O)CCC(CCCCCCCCC)CCCCCCCCC)(C2)C1. The Morgan fingerprint density at radius 3 is 1.05 bits per heavy atom. The summed E-state index contributed by atoms with van der Waals surface area (Å²) in [6.07, 6.45) is 54.9. The molecule has 0 saturated heterocycles. The topological polar surface area (TPSA) is 82.1 Å². The number of esters is 3. The van der Waals surface area contributed by atoms with Crippen molar-refractivity contribution >= 4 is 17.9 Å². The van der Waals surface area contributed by atoms with Gasteiger partial charge in [-0.1, -0.05) is 261 Å². The van der Waals surface area contributed by atoms with Crippen LogP contribution in [0, 0.1) is 34.0 Å². The highest BCUT2D eigenvalue weighted by Gasteiger charge is 2.53. The van der Waals surface area contributed by atoms with Crippen molar-refractivity contribution in [2.45, 2.75) is 351 Å². The lowest BCUT2D eigenvalue weighted by Crippen LogP contribution is -2.48. The highest BCUT2D eigenvalue weighted by Crippen LogP contribution is 2.63. The molecule has 0 aromatic rings. The maximum atomic E-state index is 13.6. The Labute approximate surface area is 473 Å². The van der Waals surface area contributed by atoms with Crippen molar-refractivity contribution in [1.82, 2.24) is 4.90 Å². The van der Waals surface area contributed by atoms with Crippen molar-refractivity contribution in [2.75, 3.05) is 39.5 Å². The van der Waals surface area contributed by atoms with E-state index in [0.29, 0.717) is 56.8 Å². The van der Waals surface area contributed by atoms with Gasteiger partial charge in [-0.15, -0.1) is 0 Å². The summed E-state index contributed by atoms with van der Waals surface area (Å²) in [6.45, 7) is 22.8. The van der Waals surface area contributed by atoms with E-state index in [0.717, 1.165) is 83.8 Å². The first kappa shape index (κ1) is 70.5. The molecule has 0 aliphatic heterocycles. The molecule has 7 heteroatoms.